The summed E-state index contributed by atoms with van der Waals surface area (Å²) in [7, 11) is 0. The molecule has 5 heteroatoms. The molecule has 4 rings (SSSR count). The van der Waals surface area contributed by atoms with Crippen molar-refractivity contribution in [3.05, 3.63) is 59.0 Å². The number of carbonyl (C=O) groups is 2. The monoisotopic (exact) mass is 347 g/mol. The molecule has 2 N–H and O–H groups in total. The Morgan fingerprint density at radius 3 is 2.77 bits per heavy atom. The van der Waals surface area contributed by atoms with Gasteiger partial charge in [-0.2, -0.15) is 0 Å². The molecular weight excluding hydrogens is 326 g/mol. The Morgan fingerprint density at radius 2 is 1.96 bits per heavy atom. The number of aromatic amines is 1. The van der Waals surface area contributed by atoms with Gasteiger partial charge in [0.15, 0.2) is 5.78 Å². The van der Waals surface area contributed by atoms with Gasteiger partial charge in [0, 0.05) is 29.3 Å². The maximum absolute atomic E-state index is 12.9. The van der Waals surface area contributed by atoms with Gasteiger partial charge in [-0.3, -0.25) is 14.6 Å². The molecule has 2 aromatic heterocycles. The molecule has 0 aliphatic heterocycles. The summed E-state index contributed by atoms with van der Waals surface area (Å²) in [4.78, 5) is 33.0. The minimum Gasteiger partial charge on any atom is -0.354 e. The van der Waals surface area contributed by atoms with Crippen molar-refractivity contribution in [3.8, 4) is 0 Å². The van der Waals surface area contributed by atoms with E-state index in [1.807, 2.05) is 37.3 Å². The van der Waals surface area contributed by atoms with Gasteiger partial charge < -0.3 is 10.3 Å². The molecule has 0 saturated carbocycles. The molecule has 1 aliphatic rings. The lowest BCUT2D eigenvalue weighted by molar-refractivity contribution is 0.0910. The number of rotatable bonds is 2. The molecule has 3 aromatic rings. The molecular formula is C21H21N3O2. The van der Waals surface area contributed by atoms with E-state index in [4.69, 9.17) is 0 Å². The number of carbonyl (C=O) groups excluding carboxylic acids is 2. The molecule has 0 fully saturated rings. The lowest BCUT2D eigenvalue weighted by Crippen LogP contribution is -2.26. The molecule has 0 spiro atoms. The van der Waals surface area contributed by atoms with Crippen molar-refractivity contribution in [1.29, 1.82) is 0 Å². The zero-order valence-electron chi connectivity index (χ0n) is 15.1. The number of H-pyrrole nitrogens is 1. The molecule has 5 nitrogen and oxygen atoms in total. The van der Waals surface area contributed by atoms with Gasteiger partial charge in [-0.25, -0.2) is 0 Å². The van der Waals surface area contributed by atoms with Crippen LogP contribution in [0.25, 0.3) is 10.9 Å². The van der Waals surface area contributed by atoms with Gasteiger partial charge in [0.1, 0.15) is 5.69 Å². The molecule has 1 amide bonds. The maximum atomic E-state index is 12.9. The van der Waals surface area contributed by atoms with Crippen molar-refractivity contribution in [2.45, 2.75) is 33.6 Å². The lowest BCUT2D eigenvalue weighted by atomic mass is 9.75. The number of hydrogen-bond donors (Lipinski definition) is 2. The summed E-state index contributed by atoms with van der Waals surface area (Å²) in [6.07, 6.45) is 2.97. The average molecular weight is 347 g/mol. The molecule has 132 valence electrons. The summed E-state index contributed by atoms with van der Waals surface area (Å²) in [5.41, 5.74) is 4.05. The number of para-hydroxylation sites is 1. The van der Waals surface area contributed by atoms with E-state index in [1.165, 1.54) is 0 Å². The predicted molar refractivity (Wildman–Crippen MR) is 102 cm³/mol. The first-order chi connectivity index (χ1) is 12.4. The van der Waals surface area contributed by atoms with Crippen LogP contribution in [0.15, 0.2) is 36.5 Å². The van der Waals surface area contributed by atoms with Crippen LogP contribution >= 0.6 is 0 Å². The van der Waals surface area contributed by atoms with Gasteiger partial charge in [0.05, 0.1) is 11.2 Å². The number of nitrogens with one attached hydrogen (secondary N) is 2. The molecule has 1 aliphatic carbocycles. The smallest absolute Gasteiger partial charge is 0.272 e. The molecule has 2 heterocycles. The van der Waals surface area contributed by atoms with Crippen molar-refractivity contribution in [3.63, 3.8) is 0 Å². The number of ketones is 1. The second-order valence-electron chi connectivity index (χ2n) is 7.75. The normalized spacial score (nSPS) is 15.7. The van der Waals surface area contributed by atoms with Crippen LogP contribution in [0.2, 0.25) is 0 Å². The van der Waals surface area contributed by atoms with Crippen LogP contribution < -0.4 is 5.32 Å². The fraction of sp³-hybridized carbons (Fsp3) is 0.286. The highest BCUT2D eigenvalue weighted by atomic mass is 16.2. The van der Waals surface area contributed by atoms with Gasteiger partial charge in [-0.1, -0.05) is 32.0 Å². The van der Waals surface area contributed by atoms with Crippen molar-refractivity contribution >= 4 is 28.3 Å². The van der Waals surface area contributed by atoms with Crippen molar-refractivity contribution in [2.24, 2.45) is 5.41 Å². The van der Waals surface area contributed by atoms with Gasteiger partial charge in [-0.15, -0.1) is 0 Å². The second kappa shape index (κ2) is 5.80. The van der Waals surface area contributed by atoms with Gasteiger partial charge in [0.2, 0.25) is 0 Å². The highest BCUT2D eigenvalue weighted by Gasteiger charge is 2.35. The first-order valence-corrected chi connectivity index (χ1v) is 8.75. The minimum absolute atomic E-state index is 0.0886. The number of Topliss-reactive ketones (excluding diaryl/α,β-unsaturated/α-hetero) is 1. The molecule has 26 heavy (non-hydrogen) atoms. The summed E-state index contributed by atoms with van der Waals surface area (Å²) >= 11 is 0. The standard InChI is InChI=1S/C21H21N3O2/c1-12-17-15(10-21(2,3)11-16(17)25)23-18(12)20(26)24-14-8-4-6-13-7-5-9-22-19(13)14/h4-9,23H,10-11H2,1-3H3,(H,24,26). The van der Waals surface area contributed by atoms with Gasteiger partial charge in [0.25, 0.3) is 5.91 Å². The van der Waals surface area contributed by atoms with E-state index in [-0.39, 0.29) is 17.1 Å². The van der Waals surface area contributed by atoms with E-state index in [9.17, 15) is 9.59 Å². The molecule has 0 atom stereocenters. The number of hydrogen-bond acceptors (Lipinski definition) is 3. The molecule has 0 bridgehead atoms. The third kappa shape index (κ3) is 2.69. The van der Waals surface area contributed by atoms with Crippen LogP contribution in [0.4, 0.5) is 5.69 Å². The summed E-state index contributed by atoms with van der Waals surface area (Å²) in [5, 5.41) is 3.91. The van der Waals surface area contributed by atoms with E-state index < -0.39 is 0 Å². The Bertz CT molecular complexity index is 1040. The predicted octanol–water partition coefficient (Wildman–Crippen LogP) is 4.28. The Balaban J connectivity index is 1.71. The fourth-order valence-corrected chi connectivity index (χ4v) is 3.85. The van der Waals surface area contributed by atoms with E-state index in [1.54, 1.807) is 6.20 Å². The summed E-state index contributed by atoms with van der Waals surface area (Å²) in [5.74, 6) is -0.142. The number of anilines is 1. The Kier molecular flexibility index (Phi) is 3.68. The van der Waals surface area contributed by atoms with Crippen LogP contribution in [0.3, 0.4) is 0 Å². The number of nitrogens with zero attached hydrogens (tertiary/aromatic N) is 1. The van der Waals surface area contributed by atoms with E-state index in [0.29, 0.717) is 23.4 Å². The van der Waals surface area contributed by atoms with E-state index in [2.05, 4.69) is 29.1 Å². The average Bonchev–Trinajstić information content (AvgIpc) is 2.90. The van der Waals surface area contributed by atoms with Crippen LogP contribution in [0.5, 0.6) is 0 Å². The van der Waals surface area contributed by atoms with Crippen molar-refractivity contribution < 1.29 is 9.59 Å². The maximum Gasteiger partial charge on any atom is 0.272 e. The quantitative estimate of drug-likeness (QED) is 0.726. The fourth-order valence-electron chi connectivity index (χ4n) is 3.85. The lowest BCUT2D eigenvalue weighted by Gasteiger charge is -2.28. The molecule has 1 aromatic carbocycles. The summed E-state index contributed by atoms with van der Waals surface area (Å²) < 4.78 is 0. The number of benzene rings is 1. The Morgan fingerprint density at radius 1 is 1.19 bits per heavy atom. The number of pyridine rings is 1. The van der Waals surface area contributed by atoms with Crippen molar-refractivity contribution in [1.82, 2.24) is 9.97 Å². The molecule has 0 saturated heterocycles. The highest BCUT2D eigenvalue weighted by molar-refractivity contribution is 6.10. The zero-order valence-corrected chi connectivity index (χ0v) is 15.1. The van der Waals surface area contributed by atoms with Crippen molar-refractivity contribution in [2.75, 3.05) is 5.32 Å². The van der Waals surface area contributed by atoms with Crippen LogP contribution in [0, 0.1) is 12.3 Å². The number of amides is 1. The Labute approximate surface area is 151 Å². The minimum atomic E-state index is -0.249. The SMILES string of the molecule is Cc1c(C(=O)Nc2cccc3cccnc23)[nH]c2c1C(=O)CC(C)(C)C2. The van der Waals surface area contributed by atoms with Crippen LogP contribution in [-0.4, -0.2) is 21.7 Å². The largest absolute Gasteiger partial charge is 0.354 e. The van der Waals surface area contributed by atoms with Gasteiger partial charge >= 0.3 is 0 Å². The summed E-state index contributed by atoms with van der Waals surface area (Å²) in [6.45, 7) is 5.99. The summed E-state index contributed by atoms with van der Waals surface area (Å²) in [6, 6.07) is 9.50. The topological polar surface area (TPSA) is 74.8 Å². The first kappa shape index (κ1) is 16.5. The molecule has 0 unspecified atom stereocenters. The van der Waals surface area contributed by atoms with Crippen LogP contribution in [-0.2, 0) is 6.42 Å². The van der Waals surface area contributed by atoms with E-state index in [0.717, 1.165) is 28.6 Å². The van der Waals surface area contributed by atoms with E-state index >= 15 is 0 Å². The second-order valence-corrected chi connectivity index (χ2v) is 7.75. The van der Waals surface area contributed by atoms with Gasteiger partial charge in [-0.05, 0) is 36.5 Å². The van der Waals surface area contributed by atoms with Crippen LogP contribution in [0.1, 0.15) is 52.4 Å². The molecule has 0 radical (unpaired) electrons. The Hall–Kier alpha value is -2.95. The number of fused-ring (bicyclic) bond motifs is 2. The zero-order chi connectivity index (χ0) is 18.5. The third-order valence-electron chi connectivity index (χ3n) is 5.01. The number of aromatic nitrogens is 2. The third-order valence-corrected chi connectivity index (χ3v) is 5.01. The first-order valence-electron chi connectivity index (χ1n) is 8.75. The highest BCUT2D eigenvalue weighted by Crippen LogP contribution is 2.36.